The standard InChI is InChI=1S/C16H19Cl2N3O2/c1-6-13-14(18)15(19-21(13)3)10-8-11(12(17)7-9(10)2)16(22-4)20-23-5/h7-8H,6H2,1-5H3/b20-16-. The predicted molar refractivity (Wildman–Crippen MR) is 93.3 cm³/mol. The van der Waals surface area contributed by atoms with Crippen molar-refractivity contribution in [1.82, 2.24) is 9.78 Å². The van der Waals surface area contributed by atoms with Gasteiger partial charge in [-0.15, -0.1) is 0 Å². The molecule has 5 nitrogen and oxygen atoms in total. The maximum absolute atomic E-state index is 6.50. The van der Waals surface area contributed by atoms with Crippen LogP contribution in [0.1, 0.15) is 23.7 Å². The van der Waals surface area contributed by atoms with Crippen LogP contribution in [0.4, 0.5) is 0 Å². The van der Waals surface area contributed by atoms with Crippen molar-refractivity contribution in [3.05, 3.63) is 39.0 Å². The molecule has 0 saturated carbocycles. The molecule has 0 aliphatic rings. The number of oxime groups is 1. The molecule has 1 aromatic heterocycles. The van der Waals surface area contributed by atoms with Crippen LogP contribution in [-0.4, -0.2) is 29.9 Å². The van der Waals surface area contributed by atoms with Gasteiger partial charge in [0, 0.05) is 12.6 Å². The van der Waals surface area contributed by atoms with E-state index < -0.39 is 0 Å². The van der Waals surface area contributed by atoms with Crippen LogP contribution in [0.5, 0.6) is 0 Å². The van der Waals surface area contributed by atoms with Gasteiger partial charge in [-0.25, -0.2) is 0 Å². The van der Waals surface area contributed by atoms with E-state index in [1.54, 1.807) is 4.68 Å². The molecule has 0 N–H and O–H groups in total. The molecule has 1 aromatic carbocycles. The predicted octanol–water partition coefficient (Wildman–Crippen LogP) is 4.22. The van der Waals surface area contributed by atoms with E-state index in [1.807, 2.05) is 33.0 Å². The number of nitrogens with zero attached hydrogens (tertiary/aromatic N) is 3. The van der Waals surface area contributed by atoms with E-state index in [0.717, 1.165) is 23.2 Å². The Bertz CT molecular complexity index is 754. The van der Waals surface area contributed by atoms with E-state index in [9.17, 15) is 0 Å². The molecular weight excluding hydrogens is 337 g/mol. The Hall–Kier alpha value is -1.72. The number of hydrogen-bond acceptors (Lipinski definition) is 4. The van der Waals surface area contributed by atoms with Gasteiger partial charge in [-0.3, -0.25) is 4.68 Å². The minimum Gasteiger partial charge on any atom is -0.478 e. The normalized spacial score (nSPS) is 11.7. The molecule has 0 unspecified atom stereocenters. The fourth-order valence-corrected chi connectivity index (χ4v) is 3.15. The van der Waals surface area contributed by atoms with Crippen LogP contribution in [0, 0.1) is 6.92 Å². The summed E-state index contributed by atoms with van der Waals surface area (Å²) in [6, 6.07) is 3.71. The Morgan fingerprint density at radius 2 is 2.00 bits per heavy atom. The highest BCUT2D eigenvalue weighted by molar-refractivity contribution is 6.35. The van der Waals surface area contributed by atoms with Crippen molar-refractivity contribution in [1.29, 1.82) is 0 Å². The fourth-order valence-electron chi connectivity index (χ4n) is 2.46. The zero-order chi connectivity index (χ0) is 17.1. The van der Waals surface area contributed by atoms with Gasteiger partial charge in [-0.1, -0.05) is 30.1 Å². The lowest BCUT2D eigenvalue weighted by atomic mass is 10.0. The number of benzene rings is 1. The third-order valence-electron chi connectivity index (χ3n) is 3.60. The van der Waals surface area contributed by atoms with Crippen molar-refractivity contribution in [3.63, 3.8) is 0 Å². The maximum atomic E-state index is 6.50. The van der Waals surface area contributed by atoms with Gasteiger partial charge in [0.05, 0.1) is 28.4 Å². The van der Waals surface area contributed by atoms with Crippen LogP contribution in [0.3, 0.4) is 0 Å². The SMILES string of the molecule is CCc1c(Cl)c(-c2cc(/C(=N/OC)OC)c(Cl)cc2C)nn1C. The Balaban J connectivity index is 2.67. The number of ether oxygens (including phenoxy) is 1. The van der Waals surface area contributed by atoms with Gasteiger partial charge < -0.3 is 9.57 Å². The molecule has 0 atom stereocenters. The molecule has 0 radical (unpaired) electrons. The highest BCUT2D eigenvalue weighted by atomic mass is 35.5. The molecule has 1 heterocycles. The lowest BCUT2D eigenvalue weighted by Crippen LogP contribution is -2.06. The Morgan fingerprint density at radius 3 is 2.52 bits per heavy atom. The quantitative estimate of drug-likeness (QED) is 0.468. The van der Waals surface area contributed by atoms with Crippen LogP contribution in [0.15, 0.2) is 17.3 Å². The molecule has 2 rings (SSSR count). The second-order valence-corrected chi connectivity index (χ2v) is 5.80. The van der Waals surface area contributed by atoms with E-state index in [1.165, 1.54) is 14.2 Å². The van der Waals surface area contributed by atoms with Crippen LogP contribution < -0.4 is 0 Å². The summed E-state index contributed by atoms with van der Waals surface area (Å²) in [4.78, 5) is 4.80. The summed E-state index contributed by atoms with van der Waals surface area (Å²) in [7, 11) is 4.84. The highest BCUT2D eigenvalue weighted by Gasteiger charge is 2.20. The Labute approximate surface area is 145 Å². The molecule has 0 aliphatic carbocycles. The summed E-state index contributed by atoms with van der Waals surface area (Å²) in [5, 5.41) is 9.56. The minimum absolute atomic E-state index is 0.293. The summed E-state index contributed by atoms with van der Waals surface area (Å²) in [5.41, 5.74) is 4.17. The highest BCUT2D eigenvalue weighted by Crippen LogP contribution is 2.35. The first kappa shape index (κ1) is 17.6. The zero-order valence-corrected chi connectivity index (χ0v) is 15.3. The van der Waals surface area contributed by atoms with Crippen LogP contribution >= 0.6 is 23.2 Å². The summed E-state index contributed by atoms with van der Waals surface area (Å²) < 4.78 is 7.05. The first-order valence-corrected chi connectivity index (χ1v) is 7.87. The molecule has 7 heteroatoms. The van der Waals surface area contributed by atoms with Crippen molar-refractivity contribution in [2.75, 3.05) is 14.2 Å². The summed E-state index contributed by atoms with van der Waals surface area (Å²) in [6.07, 6.45) is 0.802. The molecular formula is C16H19Cl2N3O2. The van der Waals surface area contributed by atoms with E-state index in [4.69, 9.17) is 32.8 Å². The van der Waals surface area contributed by atoms with Crippen LogP contribution in [0.25, 0.3) is 11.3 Å². The minimum atomic E-state index is 0.293. The van der Waals surface area contributed by atoms with Gasteiger partial charge >= 0.3 is 0 Å². The molecule has 23 heavy (non-hydrogen) atoms. The molecule has 2 aromatic rings. The lowest BCUT2D eigenvalue weighted by Gasteiger charge is -2.11. The molecule has 0 aliphatic heterocycles. The Morgan fingerprint density at radius 1 is 1.30 bits per heavy atom. The van der Waals surface area contributed by atoms with Crippen molar-refractivity contribution in [2.24, 2.45) is 12.2 Å². The summed E-state index contributed by atoms with van der Waals surface area (Å²) >= 11 is 12.8. The molecule has 0 spiro atoms. The number of methoxy groups -OCH3 is 1. The topological polar surface area (TPSA) is 48.6 Å². The van der Waals surface area contributed by atoms with Gasteiger partial charge in [-0.2, -0.15) is 5.10 Å². The van der Waals surface area contributed by atoms with Crippen LogP contribution in [0.2, 0.25) is 10.0 Å². The van der Waals surface area contributed by atoms with Crippen molar-refractivity contribution >= 4 is 29.1 Å². The number of halogens is 2. The molecule has 0 amide bonds. The van der Waals surface area contributed by atoms with Gasteiger partial charge in [-0.05, 0) is 36.2 Å². The number of hydrogen-bond donors (Lipinski definition) is 0. The smallest absolute Gasteiger partial charge is 0.258 e. The van der Waals surface area contributed by atoms with Crippen molar-refractivity contribution in [3.8, 4) is 11.3 Å². The maximum Gasteiger partial charge on any atom is 0.258 e. The molecule has 0 bridgehead atoms. The fraction of sp³-hybridized carbons (Fsp3) is 0.375. The zero-order valence-electron chi connectivity index (χ0n) is 13.8. The largest absolute Gasteiger partial charge is 0.478 e. The lowest BCUT2D eigenvalue weighted by molar-refractivity contribution is 0.200. The molecule has 0 fully saturated rings. The van der Waals surface area contributed by atoms with Gasteiger partial charge in [0.2, 0.25) is 0 Å². The van der Waals surface area contributed by atoms with Gasteiger partial charge in [0.1, 0.15) is 12.8 Å². The van der Waals surface area contributed by atoms with Gasteiger partial charge in [0.15, 0.2) is 0 Å². The third kappa shape index (κ3) is 3.31. The second-order valence-electron chi connectivity index (χ2n) is 5.02. The first-order valence-electron chi connectivity index (χ1n) is 7.11. The van der Waals surface area contributed by atoms with Gasteiger partial charge in [0.25, 0.3) is 5.90 Å². The number of aromatic nitrogens is 2. The second kappa shape index (κ2) is 7.23. The average Bonchev–Trinajstić information content (AvgIpc) is 2.79. The average molecular weight is 356 g/mol. The van der Waals surface area contributed by atoms with E-state index in [2.05, 4.69) is 10.3 Å². The number of aryl methyl sites for hydroxylation is 2. The van der Waals surface area contributed by atoms with E-state index >= 15 is 0 Å². The molecule has 0 saturated heterocycles. The van der Waals surface area contributed by atoms with Crippen LogP contribution in [-0.2, 0) is 23.0 Å². The van der Waals surface area contributed by atoms with Crippen molar-refractivity contribution in [2.45, 2.75) is 20.3 Å². The first-order chi connectivity index (χ1) is 10.9. The third-order valence-corrected chi connectivity index (χ3v) is 4.31. The summed E-state index contributed by atoms with van der Waals surface area (Å²) in [6.45, 7) is 4.00. The van der Waals surface area contributed by atoms with Crippen molar-refractivity contribution < 1.29 is 9.57 Å². The Kier molecular flexibility index (Phi) is 5.55. The van der Waals surface area contributed by atoms with E-state index in [0.29, 0.717) is 27.2 Å². The summed E-state index contributed by atoms with van der Waals surface area (Å²) in [5.74, 6) is 0.293. The number of rotatable bonds is 4. The molecule has 124 valence electrons. The van der Waals surface area contributed by atoms with E-state index in [-0.39, 0.29) is 0 Å². The monoisotopic (exact) mass is 355 g/mol.